The maximum absolute atomic E-state index is 14.5. The molecule has 0 aromatic heterocycles. The molecule has 8 heteroatoms. The van der Waals surface area contributed by atoms with E-state index in [0.717, 1.165) is 11.5 Å². The van der Waals surface area contributed by atoms with Crippen LogP contribution in [0.25, 0.3) is 0 Å². The summed E-state index contributed by atoms with van der Waals surface area (Å²) in [6, 6.07) is 0. The Balaban J connectivity index is 2.05. The number of hydrogen-bond donors (Lipinski definition) is 3. The molecule has 5 nitrogen and oxygen atoms in total. The molecular weight excluding hydrogens is 281 g/mol. The Kier molecular flexibility index (Phi) is 2.33. The van der Waals surface area contributed by atoms with Crippen LogP contribution in [0.4, 0.5) is 4.39 Å². The van der Waals surface area contributed by atoms with Crippen LogP contribution >= 0.6 is 23.5 Å². The number of alkyl halides is 1. The summed E-state index contributed by atoms with van der Waals surface area (Å²) < 4.78 is 13.8. The first-order chi connectivity index (χ1) is 8.29. The molecule has 4 unspecified atom stereocenters. The Morgan fingerprint density at radius 3 is 2.17 bits per heavy atom. The van der Waals surface area contributed by atoms with Crippen molar-refractivity contribution in [2.24, 2.45) is 17.6 Å². The molecule has 3 fully saturated rings. The number of nitrogens with two attached hydrogens (primary N) is 1. The summed E-state index contributed by atoms with van der Waals surface area (Å²) in [5, 5.41) is 18.3. The van der Waals surface area contributed by atoms with Gasteiger partial charge in [0.15, 0.2) is 0 Å². The van der Waals surface area contributed by atoms with E-state index in [4.69, 9.17) is 10.8 Å². The lowest BCUT2D eigenvalue weighted by Gasteiger charge is -2.31. The summed E-state index contributed by atoms with van der Waals surface area (Å²) in [6.07, 6.45) is 0.138. The third-order valence-electron chi connectivity index (χ3n) is 4.20. The summed E-state index contributed by atoms with van der Waals surface area (Å²) in [5.41, 5.74) is 1.59. The van der Waals surface area contributed by atoms with Gasteiger partial charge in [-0.25, -0.2) is 9.18 Å². The molecule has 0 amide bonds. The molecule has 3 aliphatic rings. The van der Waals surface area contributed by atoms with Gasteiger partial charge in [0.1, 0.15) is 5.54 Å². The van der Waals surface area contributed by atoms with Gasteiger partial charge in [-0.05, 0) is 0 Å². The second-order valence-corrected chi connectivity index (χ2v) is 8.17. The predicted molar refractivity (Wildman–Crippen MR) is 65.3 cm³/mol. The minimum absolute atomic E-state index is 0.138. The van der Waals surface area contributed by atoms with Crippen molar-refractivity contribution in [3.63, 3.8) is 0 Å². The van der Waals surface area contributed by atoms with E-state index in [1.807, 2.05) is 0 Å². The number of fused-ring (bicyclic) bond motifs is 2. The molecule has 1 spiro atoms. The molecule has 0 radical (unpaired) electrons. The molecule has 1 heterocycles. The van der Waals surface area contributed by atoms with Crippen LogP contribution in [-0.2, 0) is 9.59 Å². The van der Waals surface area contributed by atoms with Crippen molar-refractivity contribution in [3.05, 3.63) is 0 Å². The second-order valence-electron chi connectivity index (χ2n) is 5.06. The third-order valence-corrected chi connectivity index (χ3v) is 7.76. The average molecular weight is 293 g/mol. The lowest BCUT2D eigenvalue weighted by Crippen LogP contribution is -2.54. The number of carbonyl (C=O) groups is 2. The second kappa shape index (κ2) is 3.34. The van der Waals surface area contributed by atoms with Crippen molar-refractivity contribution in [2.45, 2.75) is 21.7 Å². The maximum Gasteiger partial charge on any atom is 0.342 e. The van der Waals surface area contributed by atoms with Gasteiger partial charge in [0.05, 0.1) is 4.08 Å². The van der Waals surface area contributed by atoms with Crippen molar-refractivity contribution in [1.29, 1.82) is 0 Å². The van der Waals surface area contributed by atoms with Crippen molar-refractivity contribution in [1.82, 2.24) is 0 Å². The van der Waals surface area contributed by atoms with E-state index in [-0.39, 0.29) is 6.42 Å². The first-order valence-corrected chi connectivity index (χ1v) is 7.49. The van der Waals surface area contributed by atoms with E-state index in [0.29, 0.717) is 0 Å². The van der Waals surface area contributed by atoms with Crippen molar-refractivity contribution in [3.8, 4) is 0 Å². The molecule has 4 atom stereocenters. The predicted octanol–water partition coefficient (Wildman–Crippen LogP) is 0.387. The Morgan fingerprint density at radius 2 is 1.72 bits per heavy atom. The van der Waals surface area contributed by atoms with E-state index in [1.54, 1.807) is 0 Å². The van der Waals surface area contributed by atoms with Crippen molar-refractivity contribution < 1.29 is 24.2 Å². The normalized spacial score (nSPS) is 48.1. The third kappa shape index (κ3) is 1.19. The van der Waals surface area contributed by atoms with E-state index in [1.165, 1.54) is 23.5 Å². The van der Waals surface area contributed by atoms with E-state index in [9.17, 15) is 19.1 Å². The number of carboxylic acid groups (broad SMARTS) is 2. The molecule has 0 aromatic carbocycles. The lowest BCUT2D eigenvalue weighted by molar-refractivity contribution is -0.149. The number of halogens is 1. The molecule has 18 heavy (non-hydrogen) atoms. The Hall–Kier alpha value is -0.470. The standard InChI is InChI=1S/C10H12FNO4S2/c11-10(7(15)16)4-5(10)9(17-1-2-18-9)3-8(4,12)6(13)14/h4-5H,1-3,12H2,(H,13,14)(H,15,16). The van der Waals surface area contributed by atoms with Crippen LogP contribution in [0.15, 0.2) is 0 Å². The molecular formula is C10H12FNO4S2. The highest BCUT2D eigenvalue weighted by molar-refractivity contribution is 8.21. The fourth-order valence-electron chi connectivity index (χ4n) is 3.46. The van der Waals surface area contributed by atoms with Crippen LogP contribution in [-0.4, -0.2) is 48.9 Å². The highest BCUT2D eigenvalue weighted by Gasteiger charge is 2.89. The van der Waals surface area contributed by atoms with Gasteiger partial charge in [0, 0.05) is 29.8 Å². The fraction of sp³-hybridized carbons (Fsp3) is 0.800. The van der Waals surface area contributed by atoms with E-state index < -0.39 is 39.1 Å². The number of thioether (sulfide) groups is 2. The summed E-state index contributed by atoms with van der Waals surface area (Å²) in [5.74, 6) is -3.23. The highest BCUT2D eigenvalue weighted by Crippen LogP contribution is 2.77. The first kappa shape index (κ1) is 12.6. The monoisotopic (exact) mass is 293 g/mol. The molecule has 3 rings (SSSR count). The highest BCUT2D eigenvalue weighted by atomic mass is 32.2. The van der Waals surface area contributed by atoms with Gasteiger partial charge >= 0.3 is 11.9 Å². The van der Waals surface area contributed by atoms with Gasteiger partial charge in [-0.3, -0.25) is 4.79 Å². The summed E-state index contributed by atoms with van der Waals surface area (Å²) >= 11 is 2.92. The zero-order valence-electron chi connectivity index (χ0n) is 9.26. The van der Waals surface area contributed by atoms with Crippen LogP contribution in [0.2, 0.25) is 0 Å². The quantitative estimate of drug-likeness (QED) is 0.677. The zero-order valence-corrected chi connectivity index (χ0v) is 10.9. The average Bonchev–Trinajstić information content (AvgIpc) is 2.63. The lowest BCUT2D eigenvalue weighted by atomic mass is 9.90. The van der Waals surface area contributed by atoms with Crippen LogP contribution < -0.4 is 5.73 Å². The van der Waals surface area contributed by atoms with Crippen molar-refractivity contribution in [2.75, 3.05) is 11.5 Å². The SMILES string of the molecule is NC1(C(=O)O)CC2(SCCS2)C2C1C2(F)C(=O)O. The minimum atomic E-state index is -2.48. The zero-order chi connectivity index (χ0) is 13.3. The molecule has 2 aliphatic carbocycles. The number of carboxylic acids is 2. The van der Waals surface area contributed by atoms with Gasteiger partial charge in [0.2, 0.25) is 5.67 Å². The van der Waals surface area contributed by atoms with Gasteiger partial charge in [0.25, 0.3) is 0 Å². The Bertz CT molecular complexity index is 455. The van der Waals surface area contributed by atoms with Crippen LogP contribution in [0.3, 0.4) is 0 Å². The fourth-order valence-corrected chi connectivity index (χ4v) is 7.31. The van der Waals surface area contributed by atoms with Gasteiger partial charge in [-0.1, -0.05) is 0 Å². The number of aliphatic carboxylic acids is 2. The smallest absolute Gasteiger partial charge is 0.342 e. The molecule has 1 saturated heterocycles. The number of rotatable bonds is 2. The molecule has 100 valence electrons. The molecule has 1 aliphatic heterocycles. The summed E-state index contributed by atoms with van der Waals surface area (Å²) in [6.45, 7) is 0. The molecule has 0 aromatic rings. The minimum Gasteiger partial charge on any atom is -0.480 e. The summed E-state index contributed by atoms with van der Waals surface area (Å²) in [4.78, 5) is 22.4. The topological polar surface area (TPSA) is 101 Å². The van der Waals surface area contributed by atoms with Gasteiger partial charge < -0.3 is 15.9 Å². The Morgan fingerprint density at radius 1 is 1.17 bits per heavy atom. The van der Waals surface area contributed by atoms with Crippen LogP contribution in [0, 0.1) is 11.8 Å². The maximum atomic E-state index is 14.5. The van der Waals surface area contributed by atoms with E-state index >= 15 is 0 Å². The van der Waals surface area contributed by atoms with Crippen LogP contribution in [0.5, 0.6) is 0 Å². The number of hydrogen-bond acceptors (Lipinski definition) is 5. The Labute approximate surface area is 111 Å². The molecule has 0 bridgehead atoms. The van der Waals surface area contributed by atoms with Gasteiger partial charge in [-0.15, -0.1) is 23.5 Å². The van der Waals surface area contributed by atoms with Crippen molar-refractivity contribution >= 4 is 35.5 Å². The summed E-state index contributed by atoms with van der Waals surface area (Å²) in [7, 11) is 0. The van der Waals surface area contributed by atoms with E-state index in [2.05, 4.69) is 0 Å². The molecule has 4 N–H and O–H groups in total. The first-order valence-electron chi connectivity index (χ1n) is 5.51. The van der Waals surface area contributed by atoms with Crippen LogP contribution in [0.1, 0.15) is 6.42 Å². The molecule has 2 saturated carbocycles. The largest absolute Gasteiger partial charge is 0.480 e. The van der Waals surface area contributed by atoms with Gasteiger partial charge in [-0.2, -0.15) is 0 Å².